The van der Waals surface area contributed by atoms with Crippen LogP contribution in [0.3, 0.4) is 0 Å². The third kappa shape index (κ3) is 4.09. The van der Waals surface area contributed by atoms with Crippen molar-refractivity contribution in [2.45, 2.75) is 33.2 Å². The monoisotopic (exact) mass is 466 g/mol. The molecule has 0 radical (unpaired) electrons. The smallest absolute Gasteiger partial charge is 0.265 e. The predicted octanol–water partition coefficient (Wildman–Crippen LogP) is 4.52. The van der Waals surface area contributed by atoms with E-state index in [9.17, 15) is 14.4 Å². The van der Waals surface area contributed by atoms with E-state index in [1.54, 1.807) is 22.6 Å². The lowest BCUT2D eigenvalue weighted by Gasteiger charge is -2.09. The van der Waals surface area contributed by atoms with Gasteiger partial charge in [0.15, 0.2) is 3.95 Å². The van der Waals surface area contributed by atoms with E-state index in [-0.39, 0.29) is 23.4 Å². The molecule has 2 amide bonds. The van der Waals surface area contributed by atoms with Gasteiger partial charge in [-0.15, -0.1) is 0 Å². The second kappa shape index (κ2) is 8.68. The Labute approximate surface area is 193 Å². The molecule has 0 aliphatic carbocycles. The Kier molecular flexibility index (Phi) is 5.94. The summed E-state index contributed by atoms with van der Waals surface area (Å²) < 4.78 is 2.04. The molecule has 0 bridgehead atoms. The minimum Gasteiger partial charge on any atom is -0.349 e. The van der Waals surface area contributed by atoms with Crippen LogP contribution in [0, 0.1) is 3.95 Å². The van der Waals surface area contributed by atoms with E-state index >= 15 is 0 Å². The second-order valence-corrected chi connectivity index (χ2v) is 9.34. The summed E-state index contributed by atoms with van der Waals surface area (Å²) in [5.74, 6) is -0.609. The SMILES string of the molecule is CCc1ccc(NC(=O)c2ccc3c(=O)[nH]c4c(C(=O)NC(C)C)sc(=S)n4c3c2)cc1. The molecule has 0 aliphatic rings. The summed E-state index contributed by atoms with van der Waals surface area (Å²) in [7, 11) is 0. The number of aryl methyl sites for hydroxylation is 1. The lowest BCUT2D eigenvalue weighted by molar-refractivity contribution is 0.0947. The van der Waals surface area contributed by atoms with Gasteiger partial charge in [0, 0.05) is 17.3 Å². The van der Waals surface area contributed by atoms with Gasteiger partial charge in [0.25, 0.3) is 17.4 Å². The van der Waals surface area contributed by atoms with Gasteiger partial charge >= 0.3 is 0 Å². The van der Waals surface area contributed by atoms with Crippen LogP contribution in [0.4, 0.5) is 5.69 Å². The highest BCUT2D eigenvalue weighted by atomic mass is 32.1. The Morgan fingerprint density at radius 1 is 1.12 bits per heavy atom. The number of benzene rings is 2. The van der Waals surface area contributed by atoms with Gasteiger partial charge in [-0.25, -0.2) is 0 Å². The van der Waals surface area contributed by atoms with E-state index < -0.39 is 0 Å². The third-order valence-corrected chi connectivity index (χ3v) is 6.41. The van der Waals surface area contributed by atoms with Crippen molar-refractivity contribution in [2.24, 2.45) is 0 Å². The molecule has 2 aromatic heterocycles. The van der Waals surface area contributed by atoms with Crippen LogP contribution in [0.2, 0.25) is 0 Å². The number of anilines is 1. The zero-order chi connectivity index (χ0) is 23.0. The average Bonchev–Trinajstić information content (AvgIpc) is 3.10. The molecular formula is C23H22N4O3S2. The molecule has 4 rings (SSSR count). The predicted molar refractivity (Wildman–Crippen MR) is 131 cm³/mol. The number of aromatic nitrogens is 2. The minimum absolute atomic E-state index is 0.0629. The maximum atomic E-state index is 12.9. The summed E-state index contributed by atoms with van der Waals surface area (Å²) in [6.45, 7) is 5.78. The topological polar surface area (TPSA) is 95.5 Å². The maximum absolute atomic E-state index is 12.9. The molecule has 9 heteroatoms. The summed E-state index contributed by atoms with van der Waals surface area (Å²) in [5, 5.41) is 6.08. The van der Waals surface area contributed by atoms with Crippen molar-refractivity contribution >= 4 is 57.6 Å². The van der Waals surface area contributed by atoms with E-state index in [0.717, 1.165) is 17.8 Å². The second-order valence-electron chi connectivity index (χ2n) is 7.70. The van der Waals surface area contributed by atoms with E-state index in [1.807, 2.05) is 38.1 Å². The minimum atomic E-state index is -0.353. The number of rotatable bonds is 5. The van der Waals surface area contributed by atoms with Crippen LogP contribution >= 0.6 is 23.6 Å². The molecule has 2 aromatic carbocycles. The standard InChI is InChI=1S/C23H22N4O3S2/c1-4-13-5-8-15(9-6-13)25-20(28)14-7-10-16-17(11-14)27-19(26-21(16)29)18(32-23(27)31)22(30)24-12(2)3/h5-12H,4H2,1-3H3,(H,24,30)(H,25,28)(H,26,29). The molecular weight excluding hydrogens is 444 g/mol. The van der Waals surface area contributed by atoms with Crippen LogP contribution in [0.1, 0.15) is 46.4 Å². The van der Waals surface area contributed by atoms with E-state index in [1.165, 1.54) is 5.56 Å². The first-order valence-electron chi connectivity index (χ1n) is 10.2. The van der Waals surface area contributed by atoms with Gasteiger partial charge in [-0.05, 0) is 68.4 Å². The van der Waals surface area contributed by atoms with Crippen molar-refractivity contribution in [2.75, 3.05) is 5.32 Å². The number of amides is 2. The van der Waals surface area contributed by atoms with E-state index in [4.69, 9.17) is 12.2 Å². The summed E-state index contributed by atoms with van der Waals surface area (Å²) in [4.78, 5) is 41.3. The molecule has 0 fully saturated rings. The van der Waals surface area contributed by atoms with Crippen LogP contribution in [-0.2, 0) is 6.42 Å². The number of carbonyl (C=O) groups excluding carboxylic acids is 2. The molecule has 0 unspecified atom stereocenters. The molecule has 0 saturated heterocycles. The Hall–Kier alpha value is -3.30. The number of H-pyrrole nitrogens is 1. The van der Waals surface area contributed by atoms with Crippen molar-refractivity contribution < 1.29 is 9.59 Å². The number of nitrogens with zero attached hydrogens (tertiary/aromatic N) is 1. The molecule has 0 atom stereocenters. The number of hydrogen-bond acceptors (Lipinski definition) is 5. The van der Waals surface area contributed by atoms with Crippen molar-refractivity contribution in [1.82, 2.24) is 14.7 Å². The number of thiazole rings is 1. The van der Waals surface area contributed by atoms with Gasteiger partial charge < -0.3 is 15.6 Å². The quantitative estimate of drug-likeness (QED) is 0.377. The summed E-state index contributed by atoms with van der Waals surface area (Å²) in [5.41, 5.74) is 2.69. The number of nitrogens with one attached hydrogen (secondary N) is 3. The van der Waals surface area contributed by atoms with Crippen LogP contribution in [-0.4, -0.2) is 27.2 Å². The van der Waals surface area contributed by atoms with Gasteiger partial charge in [-0.3, -0.25) is 18.8 Å². The van der Waals surface area contributed by atoms with E-state index in [0.29, 0.717) is 36.6 Å². The van der Waals surface area contributed by atoms with Gasteiger partial charge in [0.2, 0.25) is 0 Å². The Bertz CT molecular complexity index is 1460. The zero-order valence-corrected chi connectivity index (χ0v) is 19.4. The molecule has 2 heterocycles. The molecule has 0 aliphatic heterocycles. The van der Waals surface area contributed by atoms with Gasteiger partial charge in [0.05, 0.1) is 10.9 Å². The fourth-order valence-corrected chi connectivity index (χ4v) is 4.72. The Morgan fingerprint density at radius 2 is 1.84 bits per heavy atom. The molecule has 0 spiro atoms. The van der Waals surface area contributed by atoms with Crippen molar-refractivity contribution in [3.63, 3.8) is 0 Å². The third-order valence-electron chi connectivity index (χ3n) is 5.03. The summed E-state index contributed by atoms with van der Waals surface area (Å²) in [6, 6.07) is 12.4. The van der Waals surface area contributed by atoms with Gasteiger partial charge in [-0.1, -0.05) is 30.4 Å². The average molecular weight is 467 g/mol. The first-order valence-corrected chi connectivity index (χ1v) is 11.4. The van der Waals surface area contributed by atoms with Crippen LogP contribution < -0.4 is 16.2 Å². The van der Waals surface area contributed by atoms with Gasteiger partial charge in [-0.2, -0.15) is 0 Å². The molecule has 164 valence electrons. The van der Waals surface area contributed by atoms with Crippen LogP contribution in [0.15, 0.2) is 47.3 Å². The number of fused-ring (bicyclic) bond motifs is 3. The molecule has 4 aromatic rings. The summed E-state index contributed by atoms with van der Waals surface area (Å²) >= 11 is 6.61. The Balaban J connectivity index is 1.80. The van der Waals surface area contributed by atoms with Gasteiger partial charge in [0.1, 0.15) is 10.5 Å². The molecule has 7 nitrogen and oxygen atoms in total. The zero-order valence-electron chi connectivity index (χ0n) is 17.8. The molecule has 0 saturated carbocycles. The van der Waals surface area contributed by atoms with Crippen molar-refractivity contribution in [1.29, 1.82) is 0 Å². The normalized spacial score (nSPS) is 11.2. The Morgan fingerprint density at radius 3 is 2.50 bits per heavy atom. The highest BCUT2D eigenvalue weighted by Crippen LogP contribution is 2.24. The first kappa shape index (κ1) is 21.9. The maximum Gasteiger partial charge on any atom is 0.265 e. The highest BCUT2D eigenvalue weighted by Gasteiger charge is 2.19. The van der Waals surface area contributed by atoms with Crippen LogP contribution in [0.25, 0.3) is 16.6 Å². The molecule has 3 N–H and O–H groups in total. The number of hydrogen-bond donors (Lipinski definition) is 3. The summed E-state index contributed by atoms with van der Waals surface area (Å²) in [6.07, 6.45) is 0.919. The van der Waals surface area contributed by atoms with Crippen LogP contribution in [0.5, 0.6) is 0 Å². The van der Waals surface area contributed by atoms with Crippen molar-refractivity contribution in [3.05, 3.63) is 72.8 Å². The number of aromatic amines is 1. The van der Waals surface area contributed by atoms with E-state index in [2.05, 4.69) is 22.5 Å². The lowest BCUT2D eigenvalue weighted by Crippen LogP contribution is -2.30. The fourth-order valence-electron chi connectivity index (χ4n) is 3.44. The highest BCUT2D eigenvalue weighted by molar-refractivity contribution is 7.73. The molecule has 32 heavy (non-hydrogen) atoms. The fraction of sp³-hybridized carbons (Fsp3) is 0.217. The first-order chi connectivity index (χ1) is 15.3. The lowest BCUT2D eigenvalue weighted by atomic mass is 10.1. The largest absolute Gasteiger partial charge is 0.349 e. The number of carbonyl (C=O) groups is 2. The van der Waals surface area contributed by atoms with Crippen molar-refractivity contribution in [3.8, 4) is 0 Å².